The van der Waals surface area contributed by atoms with Crippen LogP contribution in [0.3, 0.4) is 0 Å². The summed E-state index contributed by atoms with van der Waals surface area (Å²) in [5.41, 5.74) is 1.06. The molecule has 1 aromatic rings. The Morgan fingerprint density at radius 1 is 0.800 bits per heavy atom. The molecule has 30 heavy (non-hydrogen) atoms. The van der Waals surface area contributed by atoms with Gasteiger partial charge in [-0.05, 0) is 12.0 Å². The molecular formula is C26H44O4. The Bertz CT molecular complexity index is 503. The van der Waals surface area contributed by atoms with Crippen molar-refractivity contribution >= 4 is 5.97 Å². The fourth-order valence-corrected chi connectivity index (χ4v) is 3.48. The molecule has 0 unspecified atom stereocenters. The molecule has 0 heterocycles. The second kappa shape index (κ2) is 19.6. The molecule has 1 rings (SSSR count). The van der Waals surface area contributed by atoms with Gasteiger partial charge in [-0.25, -0.2) is 0 Å². The van der Waals surface area contributed by atoms with E-state index in [1.165, 1.54) is 70.6 Å². The SMILES string of the molecule is CCCCCCCCCCCCCCCC(=O)OC[C@H](O)COCc1ccccc1. The number of benzene rings is 1. The first-order valence-corrected chi connectivity index (χ1v) is 12.2. The lowest BCUT2D eigenvalue weighted by Gasteiger charge is -2.12. The fraction of sp³-hybridized carbons (Fsp3) is 0.731. The zero-order valence-corrected chi connectivity index (χ0v) is 19.2. The number of esters is 1. The van der Waals surface area contributed by atoms with Crippen molar-refractivity contribution in [2.75, 3.05) is 13.2 Å². The fourth-order valence-electron chi connectivity index (χ4n) is 3.48. The first-order chi connectivity index (χ1) is 14.7. The molecule has 0 spiro atoms. The summed E-state index contributed by atoms with van der Waals surface area (Å²) >= 11 is 0. The van der Waals surface area contributed by atoms with E-state index in [-0.39, 0.29) is 19.2 Å². The van der Waals surface area contributed by atoms with Crippen molar-refractivity contribution in [1.82, 2.24) is 0 Å². The van der Waals surface area contributed by atoms with Crippen molar-refractivity contribution in [3.63, 3.8) is 0 Å². The smallest absolute Gasteiger partial charge is 0.305 e. The van der Waals surface area contributed by atoms with Crippen LogP contribution in [0.15, 0.2) is 30.3 Å². The first-order valence-electron chi connectivity index (χ1n) is 12.2. The van der Waals surface area contributed by atoms with Crippen LogP contribution in [0.2, 0.25) is 0 Å². The van der Waals surface area contributed by atoms with Gasteiger partial charge in [0.25, 0.3) is 0 Å². The number of aliphatic hydroxyl groups excluding tert-OH is 1. The van der Waals surface area contributed by atoms with Crippen LogP contribution in [0.1, 0.15) is 102 Å². The highest BCUT2D eigenvalue weighted by Crippen LogP contribution is 2.13. The maximum absolute atomic E-state index is 11.8. The standard InChI is InChI=1S/C26H44O4/c1-2-3-4-5-6-7-8-9-10-11-12-13-17-20-26(28)30-23-25(27)22-29-21-24-18-15-14-16-19-24/h14-16,18-19,25,27H,2-13,17,20-23H2,1H3/t25-/m1/s1. The van der Waals surface area contributed by atoms with Gasteiger partial charge in [0.1, 0.15) is 12.7 Å². The number of hydrogen-bond donors (Lipinski definition) is 1. The molecule has 4 nitrogen and oxygen atoms in total. The summed E-state index contributed by atoms with van der Waals surface area (Å²) in [5, 5.41) is 9.86. The molecule has 0 saturated heterocycles. The minimum Gasteiger partial charge on any atom is -0.463 e. The molecule has 0 aliphatic carbocycles. The molecule has 0 fully saturated rings. The topological polar surface area (TPSA) is 55.8 Å². The van der Waals surface area contributed by atoms with E-state index in [1.807, 2.05) is 30.3 Å². The van der Waals surface area contributed by atoms with E-state index in [0.29, 0.717) is 13.0 Å². The van der Waals surface area contributed by atoms with E-state index < -0.39 is 6.10 Å². The van der Waals surface area contributed by atoms with Gasteiger partial charge in [0.05, 0.1) is 13.2 Å². The van der Waals surface area contributed by atoms with Crippen molar-refractivity contribution < 1.29 is 19.4 Å². The molecule has 0 saturated carbocycles. The molecule has 0 bridgehead atoms. The van der Waals surface area contributed by atoms with Gasteiger partial charge in [0.2, 0.25) is 0 Å². The summed E-state index contributed by atoms with van der Waals surface area (Å²) in [4.78, 5) is 11.8. The van der Waals surface area contributed by atoms with E-state index in [9.17, 15) is 9.90 Å². The molecule has 1 N–H and O–H groups in total. The van der Waals surface area contributed by atoms with Crippen LogP contribution >= 0.6 is 0 Å². The van der Waals surface area contributed by atoms with Crippen LogP contribution in [0, 0.1) is 0 Å². The van der Waals surface area contributed by atoms with Gasteiger partial charge in [0, 0.05) is 6.42 Å². The van der Waals surface area contributed by atoms with Crippen molar-refractivity contribution in [1.29, 1.82) is 0 Å². The molecule has 4 heteroatoms. The number of carbonyl (C=O) groups is 1. The Kier molecular flexibility index (Phi) is 17.4. The summed E-state index contributed by atoms with van der Waals surface area (Å²) in [7, 11) is 0. The number of ether oxygens (including phenoxy) is 2. The Balaban J connectivity index is 1.83. The summed E-state index contributed by atoms with van der Waals surface area (Å²) in [5.74, 6) is -0.222. The Hall–Kier alpha value is -1.39. The lowest BCUT2D eigenvalue weighted by Crippen LogP contribution is -2.23. The summed E-state index contributed by atoms with van der Waals surface area (Å²) < 4.78 is 10.6. The predicted molar refractivity (Wildman–Crippen MR) is 123 cm³/mol. The van der Waals surface area contributed by atoms with Gasteiger partial charge in [-0.3, -0.25) is 4.79 Å². The molecule has 0 aromatic heterocycles. The number of hydrogen-bond acceptors (Lipinski definition) is 4. The molecule has 0 aliphatic rings. The van der Waals surface area contributed by atoms with E-state index in [4.69, 9.17) is 9.47 Å². The van der Waals surface area contributed by atoms with E-state index >= 15 is 0 Å². The first kappa shape index (κ1) is 26.6. The second-order valence-electron chi connectivity index (χ2n) is 8.33. The van der Waals surface area contributed by atoms with Gasteiger partial charge >= 0.3 is 5.97 Å². The lowest BCUT2D eigenvalue weighted by molar-refractivity contribution is -0.148. The minimum absolute atomic E-state index is 0.00602. The minimum atomic E-state index is -0.774. The maximum Gasteiger partial charge on any atom is 0.305 e. The van der Waals surface area contributed by atoms with Crippen LogP contribution in [-0.2, 0) is 20.9 Å². The third-order valence-corrected chi connectivity index (χ3v) is 5.34. The number of aliphatic hydroxyl groups is 1. The normalized spacial score (nSPS) is 12.1. The number of unbranched alkanes of at least 4 members (excludes halogenated alkanes) is 12. The van der Waals surface area contributed by atoms with Crippen LogP contribution in [0.4, 0.5) is 0 Å². The second-order valence-corrected chi connectivity index (χ2v) is 8.33. The van der Waals surface area contributed by atoms with E-state index in [0.717, 1.165) is 18.4 Å². The highest BCUT2D eigenvalue weighted by Gasteiger charge is 2.09. The lowest BCUT2D eigenvalue weighted by atomic mass is 10.0. The van der Waals surface area contributed by atoms with Gasteiger partial charge in [-0.2, -0.15) is 0 Å². The molecular weight excluding hydrogens is 376 g/mol. The van der Waals surface area contributed by atoms with Crippen molar-refractivity contribution in [2.24, 2.45) is 0 Å². The van der Waals surface area contributed by atoms with Gasteiger partial charge in [-0.15, -0.1) is 0 Å². The van der Waals surface area contributed by atoms with Gasteiger partial charge in [-0.1, -0.05) is 114 Å². The van der Waals surface area contributed by atoms with Gasteiger partial charge < -0.3 is 14.6 Å². The van der Waals surface area contributed by atoms with Crippen LogP contribution in [-0.4, -0.2) is 30.4 Å². The largest absolute Gasteiger partial charge is 0.463 e. The summed E-state index contributed by atoms with van der Waals surface area (Å²) in [6.45, 7) is 2.88. The third kappa shape index (κ3) is 16.4. The molecule has 0 radical (unpaired) electrons. The molecule has 1 atom stereocenters. The molecule has 0 amide bonds. The number of carbonyl (C=O) groups excluding carboxylic acids is 1. The summed E-state index contributed by atoms with van der Waals surface area (Å²) in [6, 6.07) is 9.81. The molecule has 0 aliphatic heterocycles. The van der Waals surface area contributed by atoms with Crippen LogP contribution < -0.4 is 0 Å². The monoisotopic (exact) mass is 420 g/mol. The van der Waals surface area contributed by atoms with Gasteiger partial charge in [0.15, 0.2) is 0 Å². The average Bonchev–Trinajstić information content (AvgIpc) is 2.76. The number of rotatable bonds is 20. The zero-order chi connectivity index (χ0) is 21.7. The summed E-state index contributed by atoms with van der Waals surface area (Å²) in [6.07, 6.45) is 16.4. The van der Waals surface area contributed by atoms with E-state index in [1.54, 1.807) is 0 Å². The van der Waals surface area contributed by atoms with Crippen molar-refractivity contribution in [2.45, 2.75) is 110 Å². The Morgan fingerprint density at radius 2 is 1.33 bits per heavy atom. The Labute approximate surface area is 184 Å². The Morgan fingerprint density at radius 3 is 1.90 bits per heavy atom. The zero-order valence-electron chi connectivity index (χ0n) is 19.2. The van der Waals surface area contributed by atoms with Crippen molar-refractivity contribution in [3.8, 4) is 0 Å². The predicted octanol–water partition coefficient (Wildman–Crippen LogP) is 6.59. The maximum atomic E-state index is 11.8. The van der Waals surface area contributed by atoms with E-state index in [2.05, 4.69) is 6.92 Å². The van der Waals surface area contributed by atoms with Crippen LogP contribution in [0.25, 0.3) is 0 Å². The average molecular weight is 421 g/mol. The highest BCUT2D eigenvalue weighted by molar-refractivity contribution is 5.69. The highest BCUT2D eigenvalue weighted by atomic mass is 16.5. The molecule has 1 aromatic carbocycles. The third-order valence-electron chi connectivity index (χ3n) is 5.34. The quantitative estimate of drug-likeness (QED) is 0.191. The molecule has 172 valence electrons. The van der Waals surface area contributed by atoms with Crippen LogP contribution in [0.5, 0.6) is 0 Å². The van der Waals surface area contributed by atoms with Crippen molar-refractivity contribution in [3.05, 3.63) is 35.9 Å².